The lowest BCUT2D eigenvalue weighted by Crippen LogP contribution is -2.47. The molecule has 4 N–H and O–H groups in total. The molecule has 2 atom stereocenters. The molecule has 2 aliphatic rings. The SMILES string of the molecule is O=C(CNC(=O)c1cccc(C(F)(F)F)c1)N[C@H]1CN(C2CCC(O)(c3cccc(Br)c3)CC2)C[C@H]1O. The molecule has 200 valence electrons. The Hall–Kier alpha value is -2.47. The van der Waals surface area contributed by atoms with E-state index in [0.717, 1.165) is 41.1 Å². The molecule has 0 aromatic heterocycles. The molecule has 1 aliphatic heterocycles. The molecule has 4 rings (SSSR count). The molecule has 0 spiro atoms. The van der Waals surface area contributed by atoms with Crippen LogP contribution in [-0.4, -0.2) is 64.7 Å². The summed E-state index contributed by atoms with van der Waals surface area (Å²) in [5.74, 6) is -1.34. The summed E-state index contributed by atoms with van der Waals surface area (Å²) in [4.78, 5) is 26.7. The van der Waals surface area contributed by atoms with Crippen LogP contribution in [0.4, 0.5) is 13.2 Å². The molecule has 11 heteroatoms. The van der Waals surface area contributed by atoms with Gasteiger partial charge in [-0.15, -0.1) is 0 Å². The molecule has 2 aromatic carbocycles. The largest absolute Gasteiger partial charge is 0.416 e. The van der Waals surface area contributed by atoms with Crippen molar-refractivity contribution in [2.45, 2.75) is 55.6 Å². The van der Waals surface area contributed by atoms with Crippen molar-refractivity contribution in [3.63, 3.8) is 0 Å². The number of aliphatic hydroxyl groups is 2. The normalized spacial score (nSPS) is 26.6. The zero-order valence-corrected chi connectivity index (χ0v) is 21.6. The van der Waals surface area contributed by atoms with Crippen LogP contribution < -0.4 is 10.6 Å². The van der Waals surface area contributed by atoms with Gasteiger partial charge in [0.15, 0.2) is 0 Å². The average Bonchev–Trinajstić information content (AvgIpc) is 3.22. The number of likely N-dealkylation sites (tertiary alicyclic amines) is 1. The van der Waals surface area contributed by atoms with Gasteiger partial charge in [-0.25, -0.2) is 0 Å². The molecule has 1 saturated heterocycles. The molecular formula is C26H29BrF3N3O4. The smallest absolute Gasteiger partial charge is 0.390 e. The Morgan fingerprint density at radius 2 is 1.78 bits per heavy atom. The summed E-state index contributed by atoms with van der Waals surface area (Å²) >= 11 is 3.45. The van der Waals surface area contributed by atoms with E-state index in [4.69, 9.17) is 0 Å². The van der Waals surface area contributed by atoms with Crippen LogP contribution in [0.3, 0.4) is 0 Å². The summed E-state index contributed by atoms with van der Waals surface area (Å²) in [6, 6.07) is 11.2. The Morgan fingerprint density at radius 3 is 2.46 bits per heavy atom. The summed E-state index contributed by atoms with van der Waals surface area (Å²) in [5, 5.41) is 26.7. The van der Waals surface area contributed by atoms with Gasteiger partial charge >= 0.3 is 6.18 Å². The highest BCUT2D eigenvalue weighted by Gasteiger charge is 2.41. The van der Waals surface area contributed by atoms with Gasteiger partial charge in [0.05, 0.1) is 29.9 Å². The summed E-state index contributed by atoms with van der Waals surface area (Å²) in [5.41, 5.74) is -1.17. The number of amides is 2. The van der Waals surface area contributed by atoms with Crippen LogP contribution in [-0.2, 0) is 16.6 Å². The van der Waals surface area contributed by atoms with Crippen LogP contribution in [0, 0.1) is 0 Å². The van der Waals surface area contributed by atoms with Gasteiger partial charge in [-0.3, -0.25) is 14.5 Å². The van der Waals surface area contributed by atoms with Crippen molar-refractivity contribution < 1.29 is 33.0 Å². The Balaban J connectivity index is 1.25. The van der Waals surface area contributed by atoms with E-state index in [1.165, 1.54) is 6.07 Å². The molecule has 37 heavy (non-hydrogen) atoms. The van der Waals surface area contributed by atoms with Gasteiger partial charge < -0.3 is 20.8 Å². The molecule has 1 heterocycles. The predicted molar refractivity (Wildman–Crippen MR) is 134 cm³/mol. The minimum Gasteiger partial charge on any atom is -0.390 e. The maximum absolute atomic E-state index is 12.9. The molecule has 0 bridgehead atoms. The van der Waals surface area contributed by atoms with Crippen molar-refractivity contribution in [2.75, 3.05) is 19.6 Å². The number of hydrogen-bond acceptors (Lipinski definition) is 5. The number of nitrogens with zero attached hydrogens (tertiary/aromatic N) is 1. The Kier molecular flexibility index (Phi) is 8.27. The van der Waals surface area contributed by atoms with Crippen LogP contribution >= 0.6 is 15.9 Å². The lowest BCUT2D eigenvalue weighted by atomic mass is 9.77. The third-order valence-electron chi connectivity index (χ3n) is 7.19. The number of carbonyl (C=O) groups excluding carboxylic acids is 2. The van der Waals surface area contributed by atoms with E-state index in [-0.39, 0.29) is 11.6 Å². The van der Waals surface area contributed by atoms with Crippen LogP contribution in [0.25, 0.3) is 0 Å². The summed E-state index contributed by atoms with van der Waals surface area (Å²) in [6.07, 6.45) is -2.73. The van der Waals surface area contributed by atoms with Gasteiger partial charge in [-0.05, 0) is 61.6 Å². The fraction of sp³-hybridized carbons (Fsp3) is 0.462. The van der Waals surface area contributed by atoms with Crippen LogP contribution in [0.5, 0.6) is 0 Å². The average molecular weight is 584 g/mol. The minimum absolute atomic E-state index is 0.157. The zero-order valence-electron chi connectivity index (χ0n) is 20.0. The molecule has 7 nitrogen and oxygen atoms in total. The second-order valence-electron chi connectivity index (χ2n) is 9.73. The topological polar surface area (TPSA) is 102 Å². The van der Waals surface area contributed by atoms with Gasteiger partial charge in [0.1, 0.15) is 0 Å². The highest BCUT2D eigenvalue weighted by molar-refractivity contribution is 9.10. The van der Waals surface area contributed by atoms with Crippen molar-refractivity contribution in [1.29, 1.82) is 0 Å². The number of halogens is 4. The predicted octanol–water partition coefficient (Wildman–Crippen LogP) is 3.19. The van der Waals surface area contributed by atoms with Gasteiger partial charge in [0.2, 0.25) is 5.91 Å². The number of benzene rings is 2. The molecule has 2 amide bonds. The van der Waals surface area contributed by atoms with E-state index in [1.54, 1.807) is 0 Å². The molecule has 1 aliphatic carbocycles. The highest BCUT2D eigenvalue weighted by Crippen LogP contribution is 2.40. The minimum atomic E-state index is -4.58. The Morgan fingerprint density at radius 1 is 1.08 bits per heavy atom. The summed E-state index contributed by atoms with van der Waals surface area (Å²) < 4.78 is 39.5. The first-order valence-electron chi connectivity index (χ1n) is 12.1. The number of β-amino-alcohol motifs (C(OH)–C–C–N with tert-alkyl or cyclic N) is 1. The van der Waals surface area contributed by atoms with Crippen molar-refractivity contribution >= 4 is 27.7 Å². The quantitative estimate of drug-likeness (QED) is 0.418. The van der Waals surface area contributed by atoms with E-state index in [0.29, 0.717) is 25.9 Å². The van der Waals surface area contributed by atoms with Crippen molar-refractivity contribution in [1.82, 2.24) is 15.5 Å². The van der Waals surface area contributed by atoms with Crippen molar-refractivity contribution in [2.24, 2.45) is 0 Å². The van der Waals surface area contributed by atoms with E-state index in [9.17, 15) is 33.0 Å². The summed E-state index contributed by atoms with van der Waals surface area (Å²) in [7, 11) is 0. The Bertz CT molecular complexity index is 1140. The number of rotatable bonds is 6. The number of hydrogen-bond donors (Lipinski definition) is 4. The van der Waals surface area contributed by atoms with E-state index >= 15 is 0 Å². The van der Waals surface area contributed by atoms with Gasteiger partial charge in [-0.1, -0.05) is 34.1 Å². The second kappa shape index (κ2) is 11.1. The van der Waals surface area contributed by atoms with E-state index < -0.39 is 47.8 Å². The van der Waals surface area contributed by atoms with Crippen LogP contribution in [0.2, 0.25) is 0 Å². The lowest BCUT2D eigenvalue weighted by molar-refractivity contribution is -0.137. The van der Waals surface area contributed by atoms with Crippen molar-refractivity contribution in [3.05, 3.63) is 69.7 Å². The maximum atomic E-state index is 12.9. The molecule has 2 aromatic rings. The Labute approximate surface area is 221 Å². The second-order valence-corrected chi connectivity index (χ2v) is 10.6. The molecular weight excluding hydrogens is 555 g/mol. The maximum Gasteiger partial charge on any atom is 0.416 e. The number of nitrogens with one attached hydrogen (secondary N) is 2. The van der Waals surface area contributed by atoms with Crippen LogP contribution in [0.1, 0.15) is 47.2 Å². The number of carbonyl (C=O) groups is 2. The summed E-state index contributed by atoms with van der Waals surface area (Å²) in [6.45, 7) is 0.372. The molecule has 0 unspecified atom stereocenters. The van der Waals surface area contributed by atoms with Gasteiger partial charge in [0, 0.05) is 29.2 Å². The van der Waals surface area contributed by atoms with Gasteiger partial charge in [-0.2, -0.15) is 13.2 Å². The molecule has 1 saturated carbocycles. The fourth-order valence-electron chi connectivity index (χ4n) is 5.13. The first-order chi connectivity index (χ1) is 17.4. The third kappa shape index (κ3) is 6.70. The monoisotopic (exact) mass is 583 g/mol. The number of aliphatic hydroxyl groups excluding tert-OH is 1. The standard InChI is InChI=1S/C26H29BrF3N3O4/c27-19-6-2-4-17(12-19)25(37)9-7-20(8-10-25)33-14-21(22(34)15-33)32-23(35)13-31-24(36)16-3-1-5-18(11-16)26(28,29)30/h1-6,11-12,20-22,34,37H,7-10,13-15H2,(H,31,36)(H,32,35)/t20?,21-,22+,25?/m0/s1. The van der Waals surface area contributed by atoms with Crippen molar-refractivity contribution in [3.8, 4) is 0 Å². The van der Waals surface area contributed by atoms with Crippen LogP contribution in [0.15, 0.2) is 53.0 Å². The lowest BCUT2D eigenvalue weighted by Gasteiger charge is -2.40. The first kappa shape index (κ1) is 27.6. The molecule has 0 radical (unpaired) electrons. The number of alkyl halides is 3. The highest BCUT2D eigenvalue weighted by atomic mass is 79.9. The third-order valence-corrected chi connectivity index (χ3v) is 7.68. The zero-order chi connectivity index (χ0) is 26.8. The van der Waals surface area contributed by atoms with Gasteiger partial charge in [0.25, 0.3) is 5.91 Å². The molecule has 2 fully saturated rings. The first-order valence-corrected chi connectivity index (χ1v) is 12.9. The fourth-order valence-corrected chi connectivity index (χ4v) is 5.52. The van der Waals surface area contributed by atoms with E-state index in [1.807, 2.05) is 24.3 Å². The van der Waals surface area contributed by atoms with E-state index in [2.05, 4.69) is 31.5 Å².